The number of nitrogens with one attached hydrogen (secondary N) is 2. The Morgan fingerprint density at radius 2 is 2.28 bits per heavy atom. The Morgan fingerprint density at radius 3 is 3.08 bits per heavy atom. The Bertz CT molecular complexity index is 854. The van der Waals surface area contributed by atoms with Crippen LogP contribution in [0.1, 0.15) is 48.9 Å². The van der Waals surface area contributed by atoms with Crippen molar-refractivity contribution in [3.05, 3.63) is 26.6 Å². The molecule has 0 radical (unpaired) electrons. The lowest BCUT2D eigenvalue weighted by atomic mass is 10.2. The predicted octanol–water partition coefficient (Wildman–Crippen LogP) is 3.01. The largest absolute Gasteiger partial charge is 0.353 e. The maximum Gasteiger partial charge on any atom is 0.259 e. The van der Waals surface area contributed by atoms with Gasteiger partial charge in [0.2, 0.25) is 5.91 Å². The second-order valence-corrected chi connectivity index (χ2v) is 9.24. The maximum atomic E-state index is 12.4. The van der Waals surface area contributed by atoms with Crippen molar-refractivity contribution in [2.24, 2.45) is 5.92 Å². The molecule has 2 aromatic rings. The zero-order chi connectivity index (χ0) is 17.4. The second-order valence-electron chi connectivity index (χ2n) is 7.05. The highest BCUT2D eigenvalue weighted by Crippen LogP contribution is 2.34. The molecule has 2 aliphatic carbocycles. The van der Waals surface area contributed by atoms with Crippen molar-refractivity contribution in [3.63, 3.8) is 0 Å². The number of hydrogen-bond donors (Lipinski definition) is 2. The summed E-state index contributed by atoms with van der Waals surface area (Å²) in [4.78, 5) is 34.1. The third kappa shape index (κ3) is 3.77. The lowest BCUT2D eigenvalue weighted by Gasteiger charge is -2.12. The zero-order valence-corrected chi connectivity index (χ0v) is 16.0. The van der Waals surface area contributed by atoms with Gasteiger partial charge >= 0.3 is 0 Å². The minimum Gasteiger partial charge on any atom is -0.353 e. The van der Waals surface area contributed by atoms with Crippen molar-refractivity contribution >= 4 is 39.2 Å². The SMILES string of the molecule is CC(NC(=O)CCSCc1nc2sc3c(c2c(=O)[nH]1)CCC3)C1CC1. The molecule has 0 aromatic carbocycles. The summed E-state index contributed by atoms with van der Waals surface area (Å²) in [7, 11) is 0. The first-order chi connectivity index (χ1) is 12.1. The monoisotopic (exact) mass is 377 g/mol. The van der Waals surface area contributed by atoms with E-state index in [1.54, 1.807) is 23.1 Å². The van der Waals surface area contributed by atoms with Crippen LogP contribution < -0.4 is 10.9 Å². The van der Waals surface area contributed by atoms with E-state index >= 15 is 0 Å². The molecule has 1 saturated carbocycles. The average Bonchev–Trinajstić information content (AvgIpc) is 3.23. The number of aryl methyl sites for hydroxylation is 2. The van der Waals surface area contributed by atoms with Crippen LogP contribution in [-0.4, -0.2) is 27.7 Å². The Morgan fingerprint density at radius 1 is 1.44 bits per heavy atom. The number of nitrogens with zero attached hydrogens (tertiary/aromatic N) is 1. The zero-order valence-electron chi connectivity index (χ0n) is 14.4. The summed E-state index contributed by atoms with van der Waals surface area (Å²) in [5.74, 6) is 2.91. The van der Waals surface area contributed by atoms with Crippen molar-refractivity contribution in [2.75, 3.05) is 5.75 Å². The highest BCUT2D eigenvalue weighted by atomic mass is 32.2. The van der Waals surface area contributed by atoms with Gasteiger partial charge in [0.05, 0.1) is 11.1 Å². The number of aromatic amines is 1. The van der Waals surface area contributed by atoms with E-state index < -0.39 is 0 Å². The van der Waals surface area contributed by atoms with Gasteiger partial charge in [-0.05, 0) is 50.5 Å². The molecular weight excluding hydrogens is 354 g/mol. The second kappa shape index (κ2) is 7.11. The quantitative estimate of drug-likeness (QED) is 0.728. The molecule has 2 heterocycles. The van der Waals surface area contributed by atoms with Crippen molar-refractivity contribution in [1.29, 1.82) is 0 Å². The van der Waals surface area contributed by atoms with Gasteiger partial charge in [0.1, 0.15) is 10.7 Å². The van der Waals surface area contributed by atoms with Crippen molar-refractivity contribution in [3.8, 4) is 0 Å². The van der Waals surface area contributed by atoms with Crippen LogP contribution in [0.2, 0.25) is 0 Å². The number of rotatable bonds is 7. The molecule has 1 atom stereocenters. The van der Waals surface area contributed by atoms with Crippen LogP contribution in [0.15, 0.2) is 4.79 Å². The molecule has 1 amide bonds. The first-order valence-corrected chi connectivity index (χ1v) is 11.0. The Hall–Kier alpha value is -1.34. The number of fused-ring (bicyclic) bond motifs is 3. The summed E-state index contributed by atoms with van der Waals surface area (Å²) in [6.07, 6.45) is 6.22. The van der Waals surface area contributed by atoms with E-state index in [1.807, 2.05) is 0 Å². The van der Waals surface area contributed by atoms with Crippen LogP contribution in [-0.2, 0) is 23.4 Å². The number of H-pyrrole nitrogens is 1. The van der Waals surface area contributed by atoms with Gasteiger partial charge in [-0.2, -0.15) is 11.8 Å². The summed E-state index contributed by atoms with van der Waals surface area (Å²) in [5.41, 5.74) is 1.21. The summed E-state index contributed by atoms with van der Waals surface area (Å²) in [6, 6.07) is 0.304. The van der Waals surface area contributed by atoms with Crippen LogP contribution in [0.3, 0.4) is 0 Å². The molecule has 134 valence electrons. The highest BCUT2D eigenvalue weighted by Gasteiger charge is 2.28. The van der Waals surface area contributed by atoms with E-state index in [9.17, 15) is 9.59 Å². The number of carbonyl (C=O) groups is 1. The van der Waals surface area contributed by atoms with Crippen LogP contribution in [0.4, 0.5) is 0 Å². The minimum atomic E-state index is -0.00370. The van der Waals surface area contributed by atoms with E-state index in [1.165, 1.54) is 23.3 Å². The van der Waals surface area contributed by atoms with Crippen LogP contribution >= 0.6 is 23.1 Å². The van der Waals surface area contributed by atoms with E-state index in [4.69, 9.17) is 0 Å². The fraction of sp³-hybridized carbons (Fsp3) is 0.611. The molecule has 4 rings (SSSR count). The number of carbonyl (C=O) groups excluding carboxylic acids is 1. The van der Waals surface area contributed by atoms with E-state index in [0.29, 0.717) is 30.0 Å². The Kier molecular flexibility index (Phi) is 4.86. The normalized spacial score (nSPS) is 17.6. The number of thioether (sulfide) groups is 1. The molecule has 0 aliphatic heterocycles. The van der Waals surface area contributed by atoms with E-state index in [-0.39, 0.29) is 11.5 Å². The number of amides is 1. The average molecular weight is 378 g/mol. The molecule has 7 heteroatoms. The van der Waals surface area contributed by atoms with Gasteiger partial charge in [0, 0.05) is 23.1 Å². The summed E-state index contributed by atoms with van der Waals surface area (Å²) in [5, 5.41) is 3.88. The molecule has 0 bridgehead atoms. The molecule has 0 spiro atoms. The lowest BCUT2D eigenvalue weighted by molar-refractivity contribution is -0.121. The minimum absolute atomic E-state index is 0.00370. The fourth-order valence-electron chi connectivity index (χ4n) is 3.49. The summed E-state index contributed by atoms with van der Waals surface area (Å²) < 4.78 is 0. The molecule has 1 unspecified atom stereocenters. The van der Waals surface area contributed by atoms with Gasteiger partial charge in [-0.3, -0.25) is 9.59 Å². The number of thiophene rings is 1. The Balaban J connectivity index is 1.31. The molecule has 0 saturated heterocycles. The fourth-order valence-corrected chi connectivity index (χ4v) is 5.57. The first kappa shape index (κ1) is 17.1. The standard InChI is InChI=1S/C18H23N3O2S2/c1-10(11-5-6-11)19-15(22)7-8-24-9-14-20-17(23)16-12-3-2-4-13(12)25-18(16)21-14/h10-11H,2-9H2,1H3,(H,19,22)(H,20,21,23). The maximum absolute atomic E-state index is 12.4. The van der Waals surface area contributed by atoms with E-state index in [0.717, 1.165) is 35.2 Å². The van der Waals surface area contributed by atoms with Crippen LogP contribution in [0, 0.1) is 5.92 Å². The van der Waals surface area contributed by atoms with Gasteiger partial charge in [0.15, 0.2) is 0 Å². The molecular formula is C18H23N3O2S2. The predicted molar refractivity (Wildman–Crippen MR) is 103 cm³/mol. The van der Waals surface area contributed by atoms with Crippen molar-refractivity contribution in [1.82, 2.24) is 15.3 Å². The summed E-state index contributed by atoms with van der Waals surface area (Å²) >= 11 is 3.31. The van der Waals surface area contributed by atoms with E-state index in [2.05, 4.69) is 22.2 Å². The number of aromatic nitrogens is 2. The molecule has 1 fully saturated rings. The molecule has 2 N–H and O–H groups in total. The summed E-state index contributed by atoms with van der Waals surface area (Å²) in [6.45, 7) is 2.09. The molecule has 2 aromatic heterocycles. The van der Waals surface area contributed by atoms with Gasteiger partial charge in [-0.25, -0.2) is 4.98 Å². The number of hydrogen-bond acceptors (Lipinski definition) is 5. The smallest absolute Gasteiger partial charge is 0.259 e. The van der Waals surface area contributed by atoms with Crippen LogP contribution in [0.25, 0.3) is 10.2 Å². The molecule has 25 heavy (non-hydrogen) atoms. The molecule has 2 aliphatic rings. The van der Waals surface area contributed by atoms with Gasteiger partial charge in [-0.1, -0.05) is 0 Å². The third-order valence-electron chi connectivity index (χ3n) is 5.05. The molecule has 5 nitrogen and oxygen atoms in total. The Labute approximate surface area is 155 Å². The highest BCUT2D eigenvalue weighted by molar-refractivity contribution is 7.98. The first-order valence-electron chi connectivity index (χ1n) is 9.02. The lowest BCUT2D eigenvalue weighted by Crippen LogP contribution is -2.34. The van der Waals surface area contributed by atoms with Gasteiger partial charge < -0.3 is 10.3 Å². The van der Waals surface area contributed by atoms with Crippen molar-refractivity contribution in [2.45, 2.75) is 57.2 Å². The third-order valence-corrected chi connectivity index (χ3v) is 7.21. The topological polar surface area (TPSA) is 74.8 Å². The van der Waals surface area contributed by atoms with Crippen molar-refractivity contribution < 1.29 is 4.79 Å². The van der Waals surface area contributed by atoms with Crippen LogP contribution in [0.5, 0.6) is 0 Å². The van der Waals surface area contributed by atoms with Gasteiger partial charge in [0.25, 0.3) is 5.56 Å². The van der Waals surface area contributed by atoms with Gasteiger partial charge in [-0.15, -0.1) is 11.3 Å².